The molecule has 2 heterocycles. The van der Waals surface area contributed by atoms with E-state index in [9.17, 15) is 4.79 Å². The van der Waals surface area contributed by atoms with Crippen molar-refractivity contribution in [3.8, 4) is 0 Å². The van der Waals surface area contributed by atoms with Crippen molar-refractivity contribution in [2.75, 3.05) is 68.2 Å². The number of piperazine rings is 1. The number of hydrogen-bond acceptors (Lipinski definition) is 8. The van der Waals surface area contributed by atoms with Crippen LogP contribution >= 0.6 is 0 Å². The molecule has 3 aromatic rings. The molecule has 1 aliphatic heterocycles. The van der Waals surface area contributed by atoms with Gasteiger partial charge >= 0.3 is 0 Å². The first-order valence-electron chi connectivity index (χ1n) is 10.3. The van der Waals surface area contributed by atoms with Crippen molar-refractivity contribution < 1.29 is 4.79 Å². The summed E-state index contributed by atoms with van der Waals surface area (Å²) in [7, 11) is 6.04. The monoisotopic (exact) mass is 420 g/mol. The molecule has 0 atom stereocenters. The number of nitrogens with one attached hydrogen (secondary N) is 1. The Morgan fingerprint density at radius 1 is 1.00 bits per heavy atom. The predicted octanol–water partition coefficient (Wildman–Crippen LogP) is 2.11. The lowest BCUT2D eigenvalue weighted by Crippen LogP contribution is -2.44. The molecule has 1 aromatic heterocycles. The van der Waals surface area contributed by atoms with Gasteiger partial charge in [-0.1, -0.05) is 0 Å². The van der Waals surface area contributed by atoms with Crippen LogP contribution in [-0.2, 0) is 0 Å². The summed E-state index contributed by atoms with van der Waals surface area (Å²) >= 11 is 0. The van der Waals surface area contributed by atoms with Crippen LogP contribution in [-0.4, -0.2) is 72.9 Å². The molecule has 0 aliphatic carbocycles. The number of likely N-dealkylation sites (N-methyl/N-ethyl adjacent to an activating group) is 1. The zero-order valence-corrected chi connectivity index (χ0v) is 18.1. The van der Waals surface area contributed by atoms with Gasteiger partial charge in [-0.3, -0.25) is 4.79 Å². The molecule has 9 nitrogen and oxygen atoms in total. The zero-order chi connectivity index (χ0) is 22.0. The molecule has 0 amide bonds. The van der Waals surface area contributed by atoms with Gasteiger partial charge in [-0.05, 0) is 55.6 Å². The number of anilines is 5. The Morgan fingerprint density at radius 2 is 1.65 bits per heavy atom. The number of aromatic nitrogens is 3. The predicted molar refractivity (Wildman–Crippen MR) is 124 cm³/mol. The second-order valence-electron chi connectivity index (χ2n) is 7.91. The molecular weight excluding hydrogens is 392 g/mol. The molecular formula is C22H28N8O. The summed E-state index contributed by atoms with van der Waals surface area (Å²) in [5.74, 6) is 0.0208. The van der Waals surface area contributed by atoms with Gasteiger partial charge in [0.15, 0.2) is 0 Å². The summed E-state index contributed by atoms with van der Waals surface area (Å²) in [6, 6.07) is 15.4. The van der Waals surface area contributed by atoms with E-state index >= 15 is 0 Å². The third-order valence-corrected chi connectivity index (χ3v) is 5.44. The summed E-state index contributed by atoms with van der Waals surface area (Å²) in [5.41, 5.74) is 9.29. The number of hydrogen-bond donors (Lipinski definition) is 2. The SMILES string of the molecule is CN1CCN(c2ccc(Nc3nc(N)nn3C(=O)c3ccc(N(C)C)cc3)cc2)CC1. The van der Waals surface area contributed by atoms with Crippen LogP contribution in [0.4, 0.5) is 29.0 Å². The van der Waals surface area contributed by atoms with Gasteiger partial charge in [-0.2, -0.15) is 9.67 Å². The highest BCUT2D eigenvalue weighted by Gasteiger charge is 2.18. The van der Waals surface area contributed by atoms with E-state index in [1.807, 2.05) is 43.3 Å². The molecule has 0 spiro atoms. The van der Waals surface area contributed by atoms with Crippen molar-refractivity contribution in [3.63, 3.8) is 0 Å². The van der Waals surface area contributed by atoms with E-state index < -0.39 is 0 Å². The second kappa shape index (κ2) is 8.65. The van der Waals surface area contributed by atoms with Gasteiger partial charge in [0.25, 0.3) is 5.91 Å². The number of carbonyl (C=O) groups excluding carboxylic acids is 1. The average Bonchev–Trinajstić information content (AvgIpc) is 3.14. The second-order valence-corrected chi connectivity index (χ2v) is 7.91. The maximum Gasteiger partial charge on any atom is 0.281 e. The molecule has 1 aliphatic rings. The van der Waals surface area contributed by atoms with E-state index in [-0.39, 0.29) is 17.8 Å². The maximum absolute atomic E-state index is 13.0. The van der Waals surface area contributed by atoms with E-state index in [0.29, 0.717) is 5.56 Å². The molecule has 1 saturated heterocycles. The van der Waals surface area contributed by atoms with Gasteiger partial charge in [-0.25, -0.2) is 0 Å². The Labute approximate surface area is 182 Å². The Bertz CT molecular complexity index is 1030. The lowest BCUT2D eigenvalue weighted by molar-refractivity contribution is 0.0948. The van der Waals surface area contributed by atoms with Gasteiger partial charge in [0.05, 0.1) is 0 Å². The summed E-state index contributed by atoms with van der Waals surface area (Å²) in [6.07, 6.45) is 0. The highest BCUT2D eigenvalue weighted by Crippen LogP contribution is 2.22. The van der Waals surface area contributed by atoms with Crippen molar-refractivity contribution >= 4 is 34.9 Å². The Hall–Kier alpha value is -3.59. The van der Waals surface area contributed by atoms with Gasteiger partial charge in [-0.15, -0.1) is 5.10 Å². The van der Waals surface area contributed by atoms with Crippen LogP contribution in [0.15, 0.2) is 48.5 Å². The molecule has 0 saturated carbocycles. The Balaban J connectivity index is 1.50. The fourth-order valence-corrected chi connectivity index (χ4v) is 3.52. The van der Waals surface area contributed by atoms with Crippen molar-refractivity contribution in [1.82, 2.24) is 19.7 Å². The quantitative estimate of drug-likeness (QED) is 0.648. The van der Waals surface area contributed by atoms with Crippen LogP contribution in [0, 0.1) is 0 Å². The number of benzene rings is 2. The highest BCUT2D eigenvalue weighted by molar-refractivity contribution is 5.97. The average molecular weight is 421 g/mol. The van der Waals surface area contributed by atoms with Gasteiger partial charge in [0.1, 0.15) is 0 Å². The number of rotatable bonds is 5. The maximum atomic E-state index is 13.0. The first kappa shape index (κ1) is 20.7. The third-order valence-electron chi connectivity index (χ3n) is 5.44. The number of nitrogens with zero attached hydrogens (tertiary/aromatic N) is 6. The summed E-state index contributed by atoms with van der Waals surface area (Å²) in [4.78, 5) is 23.8. The first-order chi connectivity index (χ1) is 14.9. The summed E-state index contributed by atoms with van der Waals surface area (Å²) in [6.45, 7) is 4.13. The minimum absolute atomic E-state index is 0.0369. The fourth-order valence-electron chi connectivity index (χ4n) is 3.52. The lowest BCUT2D eigenvalue weighted by atomic mass is 10.2. The third kappa shape index (κ3) is 4.61. The molecule has 31 heavy (non-hydrogen) atoms. The van der Waals surface area contributed by atoms with Crippen LogP contribution < -0.4 is 20.9 Å². The topological polar surface area (TPSA) is 95.5 Å². The van der Waals surface area contributed by atoms with Crippen molar-refractivity contribution in [1.29, 1.82) is 0 Å². The van der Waals surface area contributed by atoms with Crippen LogP contribution in [0.2, 0.25) is 0 Å². The number of nitrogens with two attached hydrogens (primary N) is 1. The normalized spacial score (nSPS) is 14.5. The van der Waals surface area contributed by atoms with Crippen molar-refractivity contribution in [2.45, 2.75) is 0 Å². The van der Waals surface area contributed by atoms with E-state index in [0.717, 1.165) is 37.6 Å². The molecule has 3 N–H and O–H groups in total. The molecule has 0 bridgehead atoms. The molecule has 1 fully saturated rings. The van der Waals surface area contributed by atoms with Crippen LogP contribution in [0.5, 0.6) is 0 Å². The summed E-state index contributed by atoms with van der Waals surface area (Å²) < 4.78 is 1.20. The standard InChI is InChI=1S/C22H28N8O/c1-27(2)18-8-4-16(5-9-18)20(31)30-22(25-21(23)26-30)24-17-6-10-19(11-7-17)29-14-12-28(3)13-15-29/h4-11H,12-15H2,1-3H3,(H3,23,24,25,26). The molecule has 9 heteroatoms. The molecule has 4 rings (SSSR count). The van der Waals surface area contributed by atoms with Crippen molar-refractivity contribution in [2.24, 2.45) is 0 Å². The number of carbonyl (C=O) groups is 1. The van der Waals surface area contributed by atoms with Gasteiger partial charge in [0, 0.05) is 62.9 Å². The summed E-state index contributed by atoms with van der Waals surface area (Å²) in [5, 5.41) is 7.25. The molecule has 0 unspecified atom stereocenters. The van der Waals surface area contributed by atoms with E-state index in [2.05, 4.69) is 44.4 Å². The highest BCUT2D eigenvalue weighted by atomic mass is 16.2. The smallest absolute Gasteiger partial charge is 0.281 e. The Kier molecular flexibility index (Phi) is 5.77. The molecule has 2 aromatic carbocycles. The van der Waals surface area contributed by atoms with Gasteiger partial charge < -0.3 is 25.8 Å². The molecule has 0 radical (unpaired) electrons. The first-order valence-corrected chi connectivity index (χ1v) is 10.3. The van der Waals surface area contributed by atoms with E-state index in [1.165, 1.54) is 10.4 Å². The van der Waals surface area contributed by atoms with Crippen LogP contribution in [0.25, 0.3) is 0 Å². The largest absolute Gasteiger partial charge is 0.378 e. The zero-order valence-electron chi connectivity index (χ0n) is 18.1. The van der Waals surface area contributed by atoms with Crippen LogP contribution in [0.3, 0.4) is 0 Å². The van der Waals surface area contributed by atoms with Crippen LogP contribution in [0.1, 0.15) is 10.4 Å². The van der Waals surface area contributed by atoms with E-state index in [4.69, 9.17) is 5.73 Å². The van der Waals surface area contributed by atoms with Crippen molar-refractivity contribution in [3.05, 3.63) is 54.1 Å². The molecule has 162 valence electrons. The van der Waals surface area contributed by atoms with E-state index in [1.54, 1.807) is 12.1 Å². The number of nitrogen functional groups attached to an aromatic ring is 1. The van der Waals surface area contributed by atoms with Gasteiger partial charge in [0.2, 0.25) is 11.9 Å². The minimum Gasteiger partial charge on any atom is -0.378 e. The lowest BCUT2D eigenvalue weighted by Gasteiger charge is -2.34. The fraction of sp³-hybridized carbons (Fsp3) is 0.318. The Morgan fingerprint density at radius 3 is 2.26 bits per heavy atom. The minimum atomic E-state index is -0.300.